The summed E-state index contributed by atoms with van der Waals surface area (Å²) in [5.74, 6) is -1.36. The van der Waals surface area contributed by atoms with Crippen LogP contribution in [0.1, 0.15) is 44.5 Å². The van der Waals surface area contributed by atoms with Crippen molar-refractivity contribution < 1.29 is 38.4 Å². The Hall–Kier alpha value is -2.45. The number of aliphatic hydroxyl groups is 1. The number of ketones is 1. The molecule has 0 spiro atoms. The first kappa shape index (κ1) is 20.9. The number of hydroxylamine groups is 3. The van der Waals surface area contributed by atoms with Crippen molar-refractivity contribution in [1.29, 1.82) is 0 Å². The summed E-state index contributed by atoms with van der Waals surface area (Å²) in [6.45, 7) is 7.32. The van der Waals surface area contributed by atoms with E-state index in [1.165, 1.54) is 24.3 Å². The van der Waals surface area contributed by atoms with E-state index in [-0.39, 0.29) is 25.3 Å². The fourth-order valence-corrected chi connectivity index (χ4v) is 2.70. The first-order valence-electron chi connectivity index (χ1n) is 8.86. The largest absolute Gasteiger partial charge is 0.559 e. The fraction of sp³-hybridized carbons (Fsp3) is 0.526. The van der Waals surface area contributed by atoms with Gasteiger partial charge in [-0.3, -0.25) is 4.79 Å². The number of carbonyl (C=O) groups is 3. The average molecular weight is 380 g/mol. The smallest absolute Gasteiger partial charge is 0.460 e. The average Bonchev–Trinajstić information content (AvgIpc) is 2.96. The van der Waals surface area contributed by atoms with Crippen LogP contribution in [-0.4, -0.2) is 59.0 Å². The molecule has 1 aromatic rings. The Kier molecular flexibility index (Phi) is 6.22. The van der Waals surface area contributed by atoms with E-state index in [0.29, 0.717) is 12.2 Å². The van der Waals surface area contributed by atoms with Crippen molar-refractivity contribution in [3.63, 3.8) is 0 Å². The molecular weight excluding hydrogens is 354 g/mol. The Bertz CT molecular complexity index is 708. The van der Waals surface area contributed by atoms with Gasteiger partial charge in [-0.2, -0.15) is 4.79 Å². The van der Waals surface area contributed by atoms with Crippen molar-refractivity contribution in [3.05, 3.63) is 29.8 Å². The van der Waals surface area contributed by atoms with E-state index >= 15 is 0 Å². The second-order valence-electron chi connectivity index (χ2n) is 7.38. The van der Waals surface area contributed by atoms with Crippen LogP contribution in [0.5, 0.6) is 5.75 Å². The highest BCUT2D eigenvalue weighted by Crippen LogP contribution is 2.27. The zero-order valence-electron chi connectivity index (χ0n) is 16.1. The monoisotopic (exact) mass is 380 g/mol. The van der Waals surface area contributed by atoms with Gasteiger partial charge in [-0.15, -0.1) is 0 Å². The Morgan fingerprint density at radius 3 is 2.30 bits per heavy atom. The van der Waals surface area contributed by atoms with Crippen molar-refractivity contribution in [3.8, 4) is 5.75 Å². The summed E-state index contributed by atoms with van der Waals surface area (Å²) in [6.07, 6.45) is -0.869. The first-order valence-corrected chi connectivity index (χ1v) is 8.86. The molecule has 0 aromatic heterocycles. The molecule has 1 fully saturated rings. The lowest BCUT2D eigenvalue weighted by Crippen LogP contribution is -2.55. The molecule has 1 aliphatic rings. The molecule has 1 heterocycles. The van der Waals surface area contributed by atoms with Gasteiger partial charge in [0.2, 0.25) is 0 Å². The third-order valence-electron chi connectivity index (χ3n) is 3.91. The maximum Gasteiger partial charge on any atom is 0.559 e. The molecule has 0 bridgehead atoms. The third-order valence-corrected chi connectivity index (χ3v) is 3.91. The van der Waals surface area contributed by atoms with E-state index in [1.807, 2.05) is 0 Å². The molecule has 2 atom stereocenters. The number of rotatable bonds is 5. The van der Waals surface area contributed by atoms with Crippen LogP contribution in [-0.2, 0) is 14.3 Å². The molecule has 0 aliphatic carbocycles. The predicted octanol–water partition coefficient (Wildman–Crippen LogP) is 2.24. The van der Waals surface area contributed by atoms with Crippen molar-refractivity contribution in [2.75, 3.05) is 19.7 Å². The highest BCUT2D eigenvalue weighted by atomic mass is 16.8. The van der Waals surface area contributed by atoms with Gasteiger partial charge < -0.3 is 19.4 Å². The fourth-order valence-electron chi connectivity index (χ4n) is 2.70. The van der Waals surface area contributed by atoms with Gasteiger partial charge in [0.1, 0.15) is 18.2 Å². The minimum absolute atomic E-state index is 0.0679. The van der Waals surface area contributed by atoms with Crippen LogP contribution in [0, 0.1) is 0 Å². The lowest BCUT2D eigenvalue weighted by molar-refractivity contribution is -1.01. The van der Waals surface area contributed by atoms with Crippen LogP contribution in [0.15, 0.2) is 24.3 Å². The van der Waals surface area contributed by atoms with Crippen molar-refractivity contribution in [1.82, 2.24) is 0 Å². The van der Waals surface area contributed by atoms with E-state index in [1.54, 1.807) is 27.7 Å². The van der Waals surface area contributed by atoms with E-state index in [2.05, 4.69) is 4.74 Å². The lowest BCUT2D eigenvalue weighted by atomic mass is 10.1. The van der Waals surface area contributed by atoms with Crippen molar-refractivity contribution in [2.24, 2.45) is 0 Å². The number of amides is 1. The molecule has 1 amide bonds. The number of carbonyl (C=O) groups excluding carboxylic acids is 3. The van der Waals surface area contributed by atoms with Gasteiger partial charge in [0.05, 0.1) is 6.61 Å². The van der Waals surface area contributed by atoms with Gasteiger partial charge >= 0.3 is 12.1 Å². The predicted molar refractivity (Wildman–Crippen MR) is 94.9 cm³/mol. The van der Waals surface area contributed by atoms with E-state index < -0.39 is 34.2 Å². The van der Waals surface area contributed by atoms with Crippen LogP contribution < -0.4 is 4.84 Å². The number of hydrogen-bond donors (Lipinski definition) is 1. The second kappa shape index (κ2) is 8.06. The molecule has 1 aliphatic heterocycles. The maximum atomic E-state index is 12.7. The van der Waals surface area contributed by atoms with Gasteiger partial charge in [0.15, 0.2) is 12.3 Å². The Morgan fingerprint density at radius 2 is 1.81 bits per heavy atom. The van der Waals surface area contributed by atoms with E-state index in [9.17, 15) is 19.5 Å². The summed E-state index contributed by atoms with van der Waals surface area (Å²) in [6, 6.07) is 5.82. The summed E-state index contributed by atoms with van der Waals surface area (Å²) >= 11 is 0. The number of nitrogens with zero attached hydrogens (tertiary/aromatic N) is 1. The SMILES string of the molecule is CCOC(=O)C(=O)c1ccc(O[N+]2(C(=O)OC(C)(C)C)CCC(O)C2)cc1. The highest BCUT2D eigenvalue weighted by Gasteiger charge is 2.51. The van der Waals surface area contributed by atoms with Crippen LogP contribution in [0.4, 0.5) is 4.79 Å². The van der Waals surface area contributed by atoms with Crippen LogP contribution in [0.3, 0.4) is 0 Å². The zero-order chi connectivity index (χ0) is 20.2. The Morgan fingerprint density at radius 1 is 1.19 bits per heavy atom. The number of aliphatic hydroxyl groups excluding tert-OH is 1. The molecule has 8 heteroatoms. The molecular formula is C19H26NO7+. The van der Waals surface area contributed by atoms with Gasteiger partial charge in [0, 0.05) is 12.0 Å². The summed E-state index contributed by atoms with van der Waals surface area (Å²) in [5.41, 5.74) is -0.541. The summed E-state index contributed by atoms with van der Waals surface area (Å²) in [4.78, 5) is 42.0. The number of esters is 1. The molecule has 8 nitrogen and oxygen atoms in total. The van der Waals surface area contributed by atoms with Crippen LogP contribution in [0.2, 0.25) is 0 Å². The van der Waals surface area contributed by atoms with Gasteiger partial charge in [0.25, 0.3) is 5.78 Å². The molecule has 0 saturated carbocycles. The minimum Gasteiger partial charge on any atom is -0.460 e. The Labute approximate surface area is 158 Å². The van der Waals surface area contributed by atoms with Gasteiger partial charge in [-0.05, 0) is 56.6 Å². The summed E-state index contributed by atoms with van der Waals surface area (Å²) in [7, 11) is 0. The molecule has 148 valence electrons. The normalized spacial score (nSPS) is 22.2. The van der Waals surface area contributed by atoms with Crippen molar-refractivity contribution in [2.45, 2.75) is 45.8 Å². The molecule has 27 heavy (non-hydrogen) atoms. The van der Waals surface area contributed by atoms with E-state index in [0.717, 1.165) is 0 Å². The molecule has 1 aromatic carbocycles. The second-order valence-corrected chi connectivity index (χ2v) is 7.38. The van der Waals surface area contributed by atoms with Gasteiger partial charge in [-0.25, -0.2) is 4.79 Å². The molecule has 1 N–H and O–H groups in total. The summed E-state index contributed by atoms with van der Waals surface area (Å²) in [5, 5.41) is 9.92. The lowest BCUT2D eigenvalue weighted by Gasteiger charge is -2.30. The maximum absolute atomic E-state index is 12.7. The topological polar surface area (TPSA) is 99.1 Å². The first-order chi connectivity index (χ1) is 12.6. The number of quaternary nitrogens is 1. The number of ether oxygens (including phenoxy) is 2. The molecule has 2 rings (SSSR count). The molecule has 1 saturated heterocycles. The zero-order valence-corrected chi connectivity index (χ0v) is 16.1. The quantitative estimate of drug-likeness (QED) is 0.362. The number of hydrogen-bond acceptors (Lipinski definition) is 7. The molecule has 2 unspecified atom stereocenters. The number of likely N-dealkylation sites (tertiary alicyclic amines) is 1. The minimum atomic E-state index is -0.925. The highest BCUT2D eigenvalue weighted by molar-refractivity contribution is 6.40. The van der Waals surface area contributed by atoms with Crippen LogP contribution >= 0.6 is 0 Å². The van der Waals surface area contributed by atoms with E-state index in [4.69, 9.17) is 9.57 Å². The number of benzene rings is 1. The third kappa shape index (κ3) is 5.27. The summed E-state index contributed by atoms with van der Waals surface area (Å²) < 4.78 is 9.64. The van der Waals surface area contributed by atoms with Gasteiger partial charge in [-0.1, -0.05) is 0 Å². The Balaban J connectivity index is 2.17. The van der Waals surface area contributed by atoms with Crippen molar-refractivity contribution >= 4 is 17.8 Å². The van der Waals surface area contributed by atoms with Crippen LogP contribution in [0.25, 0.3) is 0 Å². The number of Topliss-reactive ketones (excluding diaryl/α,β-unsaturated/α-hetero) is 1. The standard InChI is InChI=1S/C19H26NO7/c1-5-25-17(23)16(22)13-6-8-15(9-7-13)27-20(11-10-14(21)12-20)18(24)26-19(2,3)4/h6-9,14,21H,5,10-12H2,1-4H3/q+1. The molecule has 0 radical (unpaired) electrons.